The SMILES string of the molecule is N#Cc1ccc(Cl)c(Nc2cncc(NN)n2)c1. The first-order valence-corrected chi connectivity index (χ1v) is 5.36. The highest BCUT2D eigenvalue weighted by Gasteiger charge is 2.04. The molecule has 0 unspecified atom stereocenters. The quantitative estimate of drug-likeness (QED) is 0.577. The first-order valence-electron chi connectivity index (χ1n) is 4.98. The second-order valence-electron chi connectivity index (χ2n) is 3.37. The van der Waals surface area contributed by atoms with Crippen LogP contribution in [0.15, 0.2) is 30.6 Å². The van der Waals surface area contributed by atoms with Gasteiger partial charge in [0.2, 0.25) is 0 Å². The van der Waals surface area contributed by atoms with E-state index in [1.807, 2.05) is 6.07 Å². The average Bonchev–Trinajstić information content (AvgIpc) is 2.41. The number of aromatic nitrogens is 2. The predicted octanol–water partition coefficient (Wildman–Crippen LogP) is 2.03. The van der Waals surface area contributed by atoms with E-state index in [-0.39, 0.29) is 0 Å². The van der Waals surface area contributed by atoms with Crippen LogP contribution in [-0.2, 0) is 0 Å². The molecule has 7 heteroatoms. The van der Waals surface area contributed by atoms with E-state index in [0.29, 0.717) is 27.9 Å². The number of nitrogens with one attached hydrogen (secondary N) is 2. The molecule has 0 aliphatic carbocycles. The summed E-state index contributed by atoms with van der Waals surface area (Å²) in [5, 5.41) is 12.3. The van der Waals surface area contributed by atoms with Crippen LogP contribution in [-0.4, -0.2) is 9.97 Å². The van der Waals surface area contributed by atoms with Gasteiger partial charge >= 0.3 is 0 Å². The maximum Gasteiger partial charge on any atom is 0.160 e. The molecule has 0 fully saturated rings. The summed E-state index contributed by atoms with van der Waals surface area (Å²) in [6.45, 7) is 0. The van der Waals surface area contributed by atoms with Crippen LogP contribution in [0.5, 0.6) is 0 Å². The largest absolute Gasteiger partial charge is 0.338 e. The number of rotatable bonds is 3. The Morgan fingerprint density at radius 3 is 2.78 bits per heavy atom. The number of nitrogens with zero attached hydrogens (tertiary/aromatic N) is 3. The highest BCUT2D eigenvalue weighted by Crippen LogP contribution is 2.25. The molecule has 1 heterocycles. The van der Waals surface area contributed by atoms with Gasteiger partial charge in [-0.25, -0.2) is 10.8 Å². The summed E-state index contributed by atoms with van der Waals surface area (Å²) in [6.07, 6.45) is 3.01. The number of hydrogen-bond acceptors (Lipinski definition) is 6. The third kappa shape index (κ3) is 2.66. The fourth-order valence-corrected chi connectivity index (χ4v) is 1.49. The van der Waals surface area contributed by atoms with E-state index in [4.69, 9.17) is 22.7 Å². The summed E-state index contributed by atoms with van der Waals surface area (Å²) in [6, 6.07) is 6.94. The summed E-state index contributed by atoms with van der Waals surface area (Å²) >= 11 is 6.02. The lowest BCUT2D eigenvalue weighted by Crippen LogP contribution is -2.09. The van der Waals surface area contributed by atoms with Crippen LogP contribution in [0.4, 0.5) is 17.3 Å². The second kappa shape index (κ2) is 5.31. The summed E-state index contributed by atoms with van der Waals surface area (Å²) in [7, 11) is 0. The van der Waals surface area contributed by atoms with Crippen molar-refractivity contribution >= 4 is 28.9 Å². The molecular formula is C11H9ClN6. The summed E-state index contributed by atoms with van der Waals surface area (Å²) in [5.41, 5.74) is 3.48. The van der Waals surface area contributed by atoms with Gasteiger partial charge < -0.3 is 10.7 Å². The zero-order valence-corrected chi connectivity index (χ0v) is 9.94. The van der Waals surface area contributed by atoms with Crippen molar-refractivity contribution in [2.45, 2.75) is 0 Å². The summed E-state index contributed by atoms with van der Waals surface area (Å²) in [5.74, 6) is 6.14. The van der Waals surface area contributed by atoms with E-state index in [1.165, 1.54) is 12.4 Å². The van der Waals surface area contributed by atoms with Crippen molar-refractivity contribution in [3.8, 4) is 6.07 Å². The van der Waals surface area contributed by atoms with Crippen molar-refractivity contribution < 1.29 is 0 Å². The molecule has 0 saturated carbocycles. The van der Waals surface area contributed by atoms with Gasteiger partial charge in [0, 0.05) is 0 Å². The number of hydrogen-bond donors (Lipinski definition) is 3. The van der Waals surface area contributed by atoms with Crippen molar-refractivity contribution in [2.75, 3.05) is 10.7 Å². The smallest absolute Gasteiger partial charge is 0.160 e. The molecule has 6 nitrogen and oxygen atoms in total. The van der Waals surface area contributed by atoms with Gasteiger partial charge in [0.15, 0.2) is 11.6 Å². The van der Waals surface area contributed by atoms with Gasteiger partial charge in [0.05, 0.1) is 34.7 Å². The highest BCUT2D eigenvalue weighted by molar-refractivity contribution is 6.33. The third-order valence-corrected chi connectivity index (χ3v) is 2.47. The van der Waals surface area contributed by atoms with Crippen molar-refractivity contribution in [2.24, 2.45) is 5.84 Å². The maximum absolute atomic E-state index is 8.83. The van der Waals surface area contributed by atoms with E-state index in [0.717, 1.165) is 0 Å². The molecule has 18 heavy (non-hydrogen) atoms. The van der Waals surface area contributed by atoms with E-state index < -0.39 is 0 Å². The predicted molar refractivity (Wildman–Crippen MR) is 69.3 cm³/mol. The Hall–Kier alpha value is -2.36. The van der Waals surface area contributed by atoms with E-state index in [1.54, 1.807) is 18.2 Å². The first-order chi connectivity index (χ1) is 8.72. The number of nitrogens with two attached hydrogens (primary N) is 1. The zero-order valence-electron chi connectivity index (χ0n) is 9.18. The minimum absolute atomic E-state index is 0.424. The van der Waals surface area contributed by atoms with Crippen LogP contribution in [0, 0.1) is 11.3 Å². The van der Waals surface area contributed by atoms with Gasteiger partial charge in [0.25, 0.3) is 0 Å². The van der Waals surface area contributed by atoms with Crippen molar-refractivity contribution in [3.05, 3.63) is 41.2 Å². The number of halogens is 1. The number of hydrazine groups is 1. The van der Waals surface area contributed by atoms with E-state index in [9.17, 15) is 0 Å². The van der Waals surface area contributed by atoms with Crippen molar-refractivity contribution in [3.63, 3.8) is 0 Å². The Labute approximate surface area is 108 Å². The Bertz CT molecular complexity index is 607. The van der Waals surface area contributed by atoms with Gasteiger partial charge in [-0.1, -0.05) is 11.6 Å². The molecule has 0 radical (unpaired) electrons. The summed E-state index contributed by atoms with van der Waals surface area (Å²) < 4.78 is 0. The van der Waals surface area contributed by atoms with Crippen LogP contribution in [0.1, 0.15) is 5.56 Å². The van der Waals surface area contributed by atoms with Gasteiger partial charge in [-0.2, -0.15) is 5.26 Å². The third-order valence-electron chi connectivity index (χ3n) is 2.14. The Balaban J connectivity index is 2.30. The molecule has 0 atom stereocenters. The van der Waals surface area contributed by atoms with E-state index >= 15 is 0 Å². The van der Waals surface area contributed by atoms with Crippen LogP contribution in [0.3, 0.4) is 0 Å². The topological polar surface area (TPSA) is 99.7 Å². The lowest BCUT2D eigenvalue weighted by molar-refractivity contribution is 1.16. The fraction of sp³-hybridized carbons (Fsp3) is 0. The van der Waals surface area contributed by atoms with Crippen molar-refractivity contribution in [1.82, 2.24) is 9.97 Å². The Morgan fingerprint density at radius 2 is 2.06 bits per heavy atom. The molecule has 2 rings (SSSR count). The van der Waals surface area contributed by atoms with Crippen LogP contribution in [0.2, 0.25) is 5.02 Å². The van der Waals surface area contributed by atoms with Crippen LogP contribution < -0.4 is 16.6 Å². The lowest BCUT2D eigenvalue weighted by atomic mass is 10.2. The lowest BCUT2D eigenvalue weighted by Gasteiger charge is -2.08. The maximum atomic E-state index is 8.83. The number of nitriles is 1. The normalized spacial score (nSPS) is 9.61. The molecule has 0 spiro atoms. The zero-order chi connectivity index (χ0) is 13.0. The van der Waals surface area contributed by atoms with E-state index in [2.05, 4.69) is 20.7 Å². The fourth-order valence-electron chi connectivity index (χ4n) is 1.32. The average molecular weight is 261 g/mol. The van der Waals surface area contributed by atoms with Crippen LogP contribution in [0.25, 0.3) is 0 Å². The molecule has 1 aromatic carbocycles. The van der Waals surface area contributed by atoms with Crippen LogP contribution >= 0.6 is 11.6 Å². The molecule has 90 valence electrons. The minimum Gasteiger partial charge on any atom is -0.338 e. The number of benzene rings is 1. The molecule has 0 aliphatic rings. The standard InChI is InChI=1S/C11H9ClN6/c12-8-2-1-7(4-13)3-9(8)16-10-5-15-6-11(17-10)18-14/h1-3,5-6H,14H2,(H2,16,17,18). The van der Waals surface area contributed by atoms with Crippen molar-refractivity contribution in [1.29, 1.82) is 5.26 Å². The first kappa shape index (κ1) is 12.1. The van der Waals surface area contributed by atoms with Gasteiger partial charge in [-0.3, -0.25) is 4.98 Å². The highest BCUT2D eigenvalue weighted by atomic mass is 35.5. The second-order valence-corrected chi connectivity index (χ2v) is 3.77. The molecular weight excluding hydrogens is 252 g/mol. The Morgan fingerprint density at radius 1 is 1.28 bits per heavy atom. The molecule has 1 aromatic heterocycles. The molecule has 0 amide bonds. The summed E-state index contributed by atoms with van der Waals surface area (Å²) in [4.78, 5) is 8.08. The van der Waals surface area contributed by atoms with Gasteiger partial charge in [0.1, 0.15) is 0 Å². The Kier molecular flexibility index (Phi) is 3.57. The number of nitrogen functional groups attached to an aromatic ring is 1. The monoisotopic (exact) mass is 260 g/mol. The van der Waals surface area contributed by atoms with Gasteiger partial charge in [-0.15, -0.1) is 0 Å². The minimum atomic E-state index is 0.424. The number of anilines is 3. The molecule has 0 bridgehead atoms. The molecule has 4 N–H and O–H groups in total. The molecule has 0 saturated heterocycles. The molecule has 0 aliphatic heterocycles. The van der Waals surface area contributed by atoms with Gasteiger partial charge in [-0.05, 0) is 18.2 Å². The molecule has 2 aromatic rings.